The van der Waals surface area contributed by atoms with E-state index in [1.54, 1.807) is 73.7 Å². The minimum absolute atomic E-state index is 0.0804. The molecule has 5 unspecified atom stereocenters. The zero-order chi connectivity index (χ0) is 51.0. The number of esters is 1. The van der Waals surface area contributed by atoms with Gasteiger partial charge < -0.3 is 43.9 Å². The van der Waals surface area contributed by atoms with E-state index < -0.39 is 77.5 Å². The number of rotatable bonds is 17. The number of hydrogen-bond acceptors (Lipinski definition) is 15. The van der Waals surface area contributed by atoms with Crippen LogP contribution in [0.15, 0.2) is 48.1 Å². The van der Waals surface area contributed by atoms with Crippen molar-refractivity contribution in [2.24, 2.45) is 5.92 Å². The lowest BCUT2D eigenvalue weighted by Gasteiger charge is -2.42. The molecule has 5 rings (SSSR count). The van der Waals surface area contributed by atoms with Crippen molar-refractivity contribution in [3.8, 4) is 5.75 Å². The molecule has 4 aliphatic rings. The van der Waals surface area contributed by atoms with Crippen LogP contribution in [0.1, 0.15) is 85.6 Å². The van der Waals surface area contributed by atoms with Gasteiger partial charge >= 0.3 is 12.1 Å². The van der Waals surface area contributed by atoms with E-state index >= 15 is 0 Å². The van der Waals surface area contributed by atoms with Gasteiger partial charge in [-0.1, -0.05) is 63.9 Å². The highest BCUT2D eigenvalue weighted by atomic mass is 35.5. The first-order chi connectivity index (χ1) is 32.4. The number of nitrogens with zero attached hydrogens (tertiary/aromatic N) is 3. The van der Waals surface area contributed by atoms with E-state index in [4.69, 9.17) is 35.3 Å². The average Bonchev–Trinajstić information content (AvgIpc) is 3.90. The first-order valence-electron chi connectivity index (χ1n) is 22.9. The quantitative estimate of drug-likeness (QED) is 0.0594. The Balaban J connectivity index is 1.24. The number of carbonyl (C=O) groups is 7. The Morgan fingerprint density at radius 3 is 2.49 bits per heavy atom. The van der Waals surface area contributed by atoms with Crippen molar-refractivity contribution in [3.05, 3.63) is 58.7 Å². The molecular formula is C48H66ClN5O13S2. The molecule has 3 N–H and O–H groups in total. The summed E-state index contributed by atoms with van der Waals surface area (Å²) in [5.74, 6) is -2.03. The van der Waals surface area contributed by atoms with Crippen molar-refractivity contribution in [1.29, 1.82) is 0 Å². The van der Waals surface area contributed by atoms with Crippen molar-refractivity contribution < 1.29 is 62.4 Å². The molecule has 1 aromatic rings. The summed E-state index contributed by atoms with van der Waals surface area (Å²) in [6.45, 7) is 11.3. The van der Waals surface area contributed by atoms with Crippen LogP contribution in [-0.4, -0.2) is 150 Å². The summed E-state index contributed by atoms with van der Waals surface area (Å²) in [7, 11) is 9.17. The number of allylic oxidation sites excluding steroid dienone is 3. The summed E-state index contributed by atoms with van der Waals surface area (Å²) in [5.41, 5.74) is -1.07. The maximum absolute atomic E-state index is 14.3. The molecule has 0 aliphatic carbocycles. The Bertz CT molecular complexity index is 2210. The van der Waals surface area contributed by atoms with Crippen LogP contribution < -0.4 is 20.3 Å². The molecule has 2 saturated heterocycles. The smallest absolute Gasteiger partial charge is 0.409 e. The molecule has 6 amide bonds. The van der Waals surface area contributed by atoms with Crippen molar-refractivity contribution >= 4 is 80.5 Å². The van der Waals surface area contributed by atoms with Crippen LogP contribution in [0.3, 0.4) is 0 Å². The molecule has 8 atom stereocenters. The van der Waals surface area contributed by atoms with E-state index in [0.29, 0.717) is 36.5 Å². The number of amides is 6. The third kappa shape index (κ3) is 14.1. The number of benzene rings is 1. The van der Waals surface area contributed by atoms with E-state index in [1.807, 2.05) is 26.8 Å². The van der Waals surface area contributed by atoms with Gasteiger partial charge in [0.15, 0.2) is 5.72 Å². The van der Waals surface area contributed by atoms with E-state index in [1.165, 1.54) is 43.2 Å². The number of alkyl carbamates (subject to hydrolysis) is 1. The van der Waals surface area contributed by atoms with Crippen molar-refractivity contribution in [3.63, 3.8) is 0 Å². The van der Waals surface area contributed by atoms with Gasteiger partial charge in [0.05, 0.1) is 25.3 Å². The summed E-state index contributed by atoms with van der Waals surface area (Å²) >= 11 is 6.81. The van der Waals surface area contributed by atoms with E-state index in [9.17, 15) is 38.7 Å². The SMILES string of the molecule is COc1cc2cc(c1Cl)N(C)C(=O)CC(OC(=O)[C@H](C)N(C)C(=O)CCC(C)(C)SSCCCC(=O)NCCN1C(=O)C=CC1=O)[C@@]1(C)O[C@@H]1C(C)C1CC(O)(NC(=O)O1)C(OC)/C=C/C=C(\C)C2. The number of likely N-dealkylation sites (N-methyl/N-ethyl adjacent to an activating group) is 1. The van der Waals surface area contributed by atoms with Crippen LogP contribution in [0.5, 0.6) is 5.75 Å². The molecule has 1 aromatic carbocycles. The average molecular weight is 1020 g/mol. The molecule has 0 aromatic heterocycles. The number of ether oxygens (including phenoxy) is 5. The Morgan fingerprint density at radius 2 is 1.83 bits per heavy atom. The van der Waals surface area contributed by atoms with Crippen molar-refractivity contribution in [2.45, 2.75) is 133 Å². The molecule has 4 aliphatic heterocycles. The molecule has 2 fully saturated rings. The monoisotopic (exact) mass is 1020 g/mol. The Hall–Kier alpha value is -4.60. The summed E-state index contributed by atoms with van der Waals surface area (Å²) < 4.78 is 29.1. The Kier molecular flexibility index (Phi) is 18.9. The highest BCUT2D eigenvalue weighted by Crippen LogP contribution is 2.49. The number of nitrogens with one attached hydrogen (secondary N) is 2. The molecular weight excluding hydrogens is 954 g/mol. The molecule has 0 saturated carbocycles. The van der Waals surface area contributed by atoms with Gasteiger partial charge in [-0.25, -0.2) is 9.59 Å². The van der Waals surface area contributed by atoms with Crippen LogP contribution in [0, 0.1) is 5.92 Å². The van der Waals surface area contributed by atoms with Crippen LogP contribution >= 0.6 is 33.2 Å². The fourth-order valence-corrected chi connectivity index (χ4v) is 11.4. The van der Waals surface area contributed by atoms with Crippen molar-refractivity contribution in [2.75, 3.05) is 52.1 Å². The molecule has 18 nitrogen and oxygen atoms in total. The molecule has 380 valence electrons. The van der Waals surface area contributed by atoms with Gasteiger partial charge in [-0.15, -0.1) is 0 Å². The van der Waals surface area contributed by atoms with Crippen LogP contribution in [0.4, 0.5) is 10.5 Å². The summed E-state index contributed by atoms with van der Waals surface area (Å²) in [4.78, 5) is 94.4. The predicted octanol–water partition coefficient (Wildman–Crippen LogP) is 5.28. The second-order valence-electron chi connectivity index (χ2n) is 18.7. The van der Waals surface area contributed by atoms with Crippen LogP contribution in [-0.2, 0) is 54.1 Å². The fourth-order valence-electron chi connectivity index (χ4n) is 8.38. The zero-order valence-electron chi connectivity index (χ0n) is 41.0. The number of imide groups is 1. The van der Waals surface area contributed by atoms with Crippen LogP contribution in [0.2, 0.25) is 5.02 Å². The van der Waals surface area contributed by atoms with E-state index in [2.05, 4.69) is 10.6 Å². The lowest BCUT2D eigenvalue weighted by molar-refractivity contribution is -0.162. The second-order valence-corrected chi connectivity index (χ2v) is 22.2. The number of epoxide rings is 1. The number of methoxy groups -OCH3 is 2. The van der Waals surface area contributed by atoms with Crippen molar-refractivity contribution in [1.82, 2.24) is 20.4 Å². The largest absolute Gasteiger partial charge is 0.495 e. The van der Waals surface area contributed by atoms with Crippen LogP contribution in [0.25, 0.3) is 0 Å². The highest BCUT2D eigenvalue weighted by Gasteiger charge is 2.64. The third-order valence-corrected chi connectivity index (χ3v) is 16.8. The second kappa shape index (κ2) is 23.5. The molecule has 0 radical (unpaired) electrons. The number of fused-ring (bicyclic) bond motifs is 5. The molecule has 69 heavy (non-hydrogen) atoms. The number of aliphatic hydroxyl groups is 1. The summed E-state index contributed by atoms with van der Waals surface area (Å²) in [5, 5.41) is 17.3. The first kappa shape index (κ1) is 55.3. The predicted molar refractivity (Wildman–Crippen MR) is 262 cm³/mol. The third-order valence-electron chi connectivity index (χ3n) is 12.9. The number of anilines is 1. The van der Waals surface area contributed by atoms with Gasteiger partial charge in [0.25, 0.3) is 11.8 Å². The van der Waals surface area contributed by atoms with Gasteiger partial charge in [0.2, 0.25) is 17.7 Å². The minimum atomic E-state index is -1.86. The Morgan fingerprint density at radius 1 is 1.13 bits per heavy atom. The topological polar surface area (TPSA) is 223 Å². The van der Waals surface area contributed by atoms with Gasteiger partial charge in [-0.3, -0.25) is 34.2 Å². The van der Waals surface area contributed by atoms with Gasteiger partial charge in [-0.2, -0.15) is 0 Å². The number of halogens is 1. The highest BCUT2D eigenvalue weighted by molar-refractivity contribution is 8.77. The van der Waals surface area contributed by atoms with Gasteiger partial charge in [0, 0.05) is 82.1 Å². The number of hydrogen-bond donors (Lipinski definition) is 3. The minimum Gasteiger partial charge on any atom is -0.495 e. The molecule has 0 spiro atoms. The molecule has 4 heterocycles. The maximum atomic E-state index is 14.3. The number of carbonyl (C=O) groups excluding carboxylic acids is 7. The van der Waals surface area contributed by atoms with Gasteiger partial charge in [-0.05, 0) is 71.6 Å². The van der Waals surface area contributed by atoms with Gasteiger partial charge in [0.1, 0.15) is 40.7 Å². The fraction of sp³-hybridized carbons (Fsp3) is 0.604. The molecule has 4 bridgehead atoms. The Labute approximate surface area is 416 Å². The summed E-state index contributed by atoms with van der Waals surface area (Å²) in [6, 6.07) is 2.50. The normalized spacial score (nSPS) is 27.9. The first-order valence-corrected chi connectivity index (χ1v) is 25.6. The van der Waals surface area contributed by atoms with E-state index in [0.717, 1.165) is 16.0 Å². The zero-order valence-corrected chi connectivity index (χ0v) is 43.3. The lowest BCUT2D eigenvalue weighted by atomic mass is 9.83. The lowest BCUT2D eigenvalue weighted by Crippen LogP contribution is -2.63. The van der Waals surface area contributed by atoms with E-state index in [-0.39, 0.29) is 60.4 Å². The molecule has 21 heteroatoms. The maximum Gasteiger partial charge on any atom is 0.409 e. The summed E-state index contributed by atoms with van der Waals surface area (Å²) in [6.07, 6.45) is 4.51. The standard InChI is InChI=1S/C48H66ClN5O13S2/c1-28-13-11-14-35(64-10)48(62)27-34(65-45(61)51-48)29(2)43-47(6,67-43)36(26-41(59)53(8)32-24-31(23-28)25-33(63-9)42(32)49)66-44(60)30(3)52(7)38(56)18-19-46(4,5)69-68-22-12-15-37(55)50-20-21-54-39(57)16-17-40(54)58/h11,13-14,16-17,24-25,29-30,34-36,43,62H,12,15,18-23,26-27H2,1-10H3,(H,50,55)(H,51,61)/b14-11+,28-13+/t29?,30-,34?,35?,36?,43+,47+,48?/m0/s1.